The molecule has 0 saturated heterocycles. The van der Waals surface area contributed by atoms with Gasteiger partial charge < -0.3 is 10.2 Å². The van der Waals surface area contributed by atoms with Crippen molar-refractivity contribution >= 4 is 5.97 Å². The highest BCUT2D eigenvalue weighted by atomic mass is 16.4. The van der Waals surface area contributed by atoms with Crippen molar-refractivity contribution in [2.45, 2.75) is 90.6 Å². The van der Waals surface area contributed by atoms with Gasteiger partial charge in [-0.1, -0.05) is 78.1 Å². The van der Waals surface area contributed by atoms with Crippen LogP contribution in [0.25, 0.3) is 0 Å². The molecule has 19 heavy (non-hydrogen) atoms. The number of aliphatic hydroxyl groups is 1. The third-order valence-electron chi connectivity index (χ3n) is 3.54. The number of hydrogen-bond acceptors (Lipinski definition) is 2. The highest BCUT2D eigenvalue weighted by Gasteiger charge is 2.11. The van der Waals surface area contributed by atoms with Crippen LogP contribution in [-0.4, -0.2) is 22.3 Å². The van der Waals surface area contributed by atoms with Gasteiger partial charge in [0.2, 0.25) is 0 Å². The van der Waals surface area contributed by atoms with Crippen molar-refractivity contribution in [2.75, 3.05) is 0 Å². The summed E-state index contributed by atoms with van der Waals surface area (Å²) in [6, 6.07) is 0. The summed E-state index contributed by atoms with van der Waals surface area (Å²) in [6.07, 6.45) is 11.6. The molecule has 0 bridgehead atoms. The van der Waals surface area contributed by atoms with Gasteiger partial charge >= 0.3 is 5.97 Å². The maximum atomic E-state index is 10.4. The van der Waals surface area contributed by atoms with E-state index in [1.165, 1.54) is 51.4 Å². The number of carbonyl (C=O) groups is 1. The molecule has 0 saturated carbocycles. The van der Waals surface area contributed by atoms with Crippen molar-refractivity contribution in [1.82, 2.24) is 0 Å². The summed E-state index contributed by atoms with van der Waals surface area (Å²) in [5, 5.41) is 17.6. The molecule has 1 atom stereocenters. The van der Waals surface area contributed by atoms with Gasteiger partial charge in [-0.15, -0.1) is 0 Å². The van der Waals surface area contributed by atoms with Gasteiger partial charge in [-0.3, -0.25) is 0 Å². The number of hydrogen-bond donors (Lipinski definition) is 2. The van der Waals surface area contributed by atoms with Gasteiger partial charge in [0.15, 0.2) is 6.10 Å². The van der Waals surface area contributed by atoms with E-state index >= 15 is 0 Å². The zero-order chi connectivity index (χ0) is 14.5. The maximum absolute atomic E-state index is 10.4. The molecule has 0 spiro atoms. The third-order valence-corrected chi connectivity index (χ3v) is 3.54. The molecule has 0 aromatic rings. The van der Waals surface area contributed by atoms with Gasteiger partial charge in [-0.2, -0.15) is 0 Å². The minimum atomic E-state index is -1.17. The monoisotopic (exact) mass is 272 g/mol. The second-order valence-corrected chi connectivity index (χ2v) is 6.01. The van der Waals surface area contributed by atoms with E-state index in [4.69, 9.17) is 10.2 Å². The van der Waals surface area contributed by atoms with E-state index in [9.17, 15) is 4.79 Å². The second-order valence-electron chi connectivity index (χ2n) is 6.01. The smallest absolute Gasteiger partial charge is 0.332 e. The van der Waals surface area contributed by atoms with Crippen molar-refractivity contribution in [1.29, 1.82) is 0 Å². The molecule has 0 radical (unpaired) electrons. The van der Waals surface area contributed by atoms with E-state index in [2.05, 4.69) is 13.8 Å². The number of aliphatic hydroxyl groups excluding tert-OH is 1. The number of carboxylic acid groups (broad SMARTS) is 1. The van der Waals surface area contributed by atoms with Gasteiger partial charge in [0.1, 0.15) is 0 Å². The first-order valence-corrected chi connectivity index (χ1v) is 7.95. The van der Waals surface area contributed by atoms with E-state index < -0.39 is 12.1 Å². The molecule has 0 aliphatic rings. The molecule has 114 valence electrons. The standard InChI is InChI=1S/C16H32O3/c1-14(2)12-10-8-6-4-3-5-7-9-11-13-15(17)16(18)19/h14-15,17H,3-13H2,1-2H3,(H,18,19). The zero-order valence-electron chi connectivity index (χ0n) is 12.7. The first kappa shape index (κ1) is 18.4. The molecule has 0 aromatic heterocycles. The molecule has 0 fully saturated rings. The normalized spacial score (nSPS) is 12.8. The van der Waals surface area contributed by atoms with Crippen LogP contribution in [-0.2, 0) is 4.79 Å². The fourth-order valence-corrected chi connectivity index (χ4v) is 2.25. The predicted octanol–water partition coefficient (Wildman–Crippen LogP) is 4.38. The largest absolute Gasteiger partial charge is 0.479 e. The Morgan fingerprint density at radius 1 is 0.789 bits per heavy atom. The summed E-state index contributed by atoms with van der Waals surface area (Å²) in [7, 11) is 0. The summed E-state index contributed by atoms with van der Waals surface area (Å²) in [6.45, 7) is 4.56. The molecular formula is C16H32O3. The van der Waals surface area contributed by atoms with Crippen molar-refractivity contribution < 1.29 is 15.0 Å². The average molecular weight is 272 g/mol. The Morgan fingerprint density at radius 2 is 1.16 bits per heavy atom. The molecule has 0 aromatic carbocycles. The fourth-order valence-electron chi connectivity index (χ4n) is 2.25. The van der Waals surface area contributed by atoms with Crippen LogP contribution in [0.5, 0.6) is 0 Å². The number of carboxylic acids is 1. The quantitative estimate of drug-likeness (QED) is 0.489. The van der Waals surface area contributed by atoms with Gasteiger partial charge in [0.25, 0.3) is 0 Å². The third kappa shape index (κ3) is 13.7. The van der Waals surface area contributed by atoms with Crippen molar-refractivity contribution in [3.05, 3.63) is 0 Å². The van der Waals surface area contributed by atoms with E-state index in [0.29, 0.717) is 6.42 Å². The summed E-state index contributed by atoms with van der Waals surface area (Å²) in [5.74, 6) is -0.262. The molecule has 3 heteroatoms. The Kier molecular flexibility index (Phi) is 12.1. The predicted molar refractivity (Wildman–Crippen MR) is 79.3 cm³/mol. The number of unbranched alkanes of at least 4 members (excludes halogenated alkanes) is 8. The minimum Gasteiger partial charge on any atom is -0.479 e. The number of rotatable bonds is 13. The lowest BCUT2D eigenvalue weighted by Crippen LogP contribution is -2.18. The van der Waals surface area contributed by atoms with Crippen LogP contribution in [0.15, 0.2) is 0 Å². The zero-order valence-corrected chi connectivity index (χ0v) is 12.7. The lowest BCUT2D eigenvalue weighted by molar-refractivity contribution is -0.146. The molecule has 0 aliphatic carbocycles. The Hall–Kier alpha value is -0.570. The van der Waals surface area contributed by atoms with Crippen molar-refractivity contribution in [2.24, 2.45) is 5.92 Å². The van der Waals surface area contributed by atoms with Crippen LogP contribution in [0.1, 0.15) is 84.5 Å². The highest BCUT2D eigenvalue weighted by molar-refractivity contribution is 5.71. The van der Waals surface area contributed by atoms with E-state index in [-0.39, 0.29) is 0 Å². The van der Waals surface area contributed by atoms with E-state index in [1.54, 1.807) is 0 Å². The molecule has 0 heterocycles. The lowest BCUT2D eigenvalue weighted by atomic mass is 10.0. The van der Waals surface area contributed by atoms with Crippen molar-refractivity contribution in [3.8, 4) is 0 Å². The number of aliphatic carboxylic acids is 1. The molecule has 0 rings (SSSR count). The summed E-state index contributed by atoms with van der Waals surface area (Å²) in [5.41, 5.74) is 0. The first-order valence-electron chi connectivity index (χ1n) is 7.95. The Bertz CT molecular complexity index is 214. The van der Waals surface area contributed by atoms with Crippen LogP contribution < -0.4 is 0 Å². The van der Waals surface area contributed by atoms with Crippen LogP contribution in [0.3, 0.4) is 0 Å². The summed E-state index contributed by atoms with van der Waals surface area (Å²) >= 11 is 0. The summed E-state index contributed by atoms with van der Waals surface area (Å²) < 4.78 is 0. The lowest BCUT2D eigenvalue weighted by Gasteiger charge is -2.05. The Balaban J connectivity index is 3.09. The maximum Gasteiger partial charge on any atom is 0.332 e. The van der Waals surface area contributed by atoms with Crippen LogP contribution in [0, 0.1) is 5.92 Å². The molecular weight excluding hydrogens is 240 g/mol. The van der Waals surface area contributed by atoms with Gasteiger partial charge in [0, 0.05) is 0 Å². The molecule has 1 unspecified atom stereocenters. The fraction of sp³-hybridized carbons (Fsp3) is 0.938. The molecule has 0 amide bonds. The van der Waals surface area contributed by atoms with E-state index in [0.717, 1.165) is 18.8 Å². The SMILES string of the molecule is CC(C)CCCCCCCCCCCC(O)C(=O)O. The Labute approximate surface area is 118 Å². The average Bonchev–Trinajstić information content (AvgIpc) is 2.35. The highest BCUT2D eigenvalue weighted by Crippen LogP contribution is 2.13. The van der Waals surface area contributed by atoms with Gasteiger partial charge in [-0.25, -0.2) is 4.79 Å². The van der Waals surface area contributed by atoms with Crippen LogP contribution >= 0.6 is 0 Å². The topological polar surface area (TPSA) is 57.5 Å². The second kappa shape index (κ2) is 12.5. The van der Waals surface area contributed by atoms with Crippen molar-refractivity contribution in [3.63, 3.8) is 0 Å². The van der Waals surface area contributed by atoms with Crippen LogP contribution in [0.2, 0.25) is 0 Å². The minimum absolute atomic E-state index is 0.393. The van der Waals surface area contributed by atoms with Gasteiger partial charge in [0.05, 0.1) is 0 Å². The van der Waals surface area contributed by atoms with Crippen LogP contribution in [0.4, 0.5) is 0 Å². The van der Waals surface area contributed by atoms with E-state index in [1.807, 2.05) is 0 Å². The Morgan fingerprint density at radius 3 is 1.53 bits per heavy atom. The molecule has 0 aliphatic heterocycles. The molecule has 2 N–H and O–H groups in total. The van der Waals surface area contributed by atoms with Gasteiger partial charge in [-0.05, 0) is 12.3 Å². The summed E-state index contributed by atoms with van der Waals surface area (Å²) in [4.78, 5) is 10.4. The first-order chi connectivity index (χ1) is 9.04. The molecule has 3 nitrogen and oxygen atoms in total.